The van der Waals surface area contributed by atoms with E-state index in [0.29, 0.717) is 11.4 Å². The Hall–Kier alpha value is -3.07. The van der Waals surface area contributed by atoms with Crippen LogP contribution in [0.5, 0.6) is 5.75 Å². The molecular weight excluding hydrogens is 490 g/mol. The van der Waals surface area contributed by atoms with E-state index in [2.05, 4.69) is 26.1 Å². The molecule has 0 spiro atoms. The molecule has 1 N–H and O–H groups in total. The Bertz CT molecular complexity index is 1170. The third-order valence-corrected chi connectivity index (χ3v) is 7.50. The van der Waals surface area contributed by atoms with E-state index in [0.717, 1.165) is 28.1 Å². The number of rotatable bonds is 11. The lowest BCUT2D eigenvalue weighted by atomic mass is 9.87. The molecule has 0 heterocycles. The fourth-order valence-electron chi connectivity index (χ4n) is 3.76. The first kappa shape index (κ1) is 30.2. The SMILES string of the molecule is CCC(C)NC(=O)C(C)N(Cc1cccc(OC)c1)C(=O)CN(c1ccc(C(C)(C)C)cc1)S(C)(=O)=O. The quantitative estimate of drug-likeness (QED) is 0.471. The van der Waals surface area contributed by atoms with Gasteiger partial charge in [0.1, 0.15) is 18.3 Å². The molecule has 0 saturated heterocycles. The van der Waals surface area contributed by atoms with Crippen molar-refractivity contribution in [1.29, 1.82) is 0 Å². The van der Waals surface area contributed by atoms with Crippen LogP contribution in [0.1, 0.15) is 59.1 Å². The van der Waals surface area contributed by atoms with Gasteiger partial charge in [-0.1, -0.05) is 52.0 Å². The first-order valence-corrected chi connectivity index (χ1v) is 14.3. The zero-order valence-corrected chi connectivity index (χ0v) is 24.1. The van der Waals surface area contributed by atoms with Crippen LogP contribution in [-0.2, 0) is 31.6 Å². The topological polar surface area (TPSA) is 96.0 Å². The molecular formula is C28H41N3O5S. The van der Waals surface area contributed by atoms with Crippen molar-refractivity contribution >= 4 is 27.5 Å². The number of carbonyl (C=O) groups excluding carboxylic acids is 2. The van der Waals surface area contributed by atoms with Crippen LogP contribution in [0.4, 0.5) is 5.69 Å². The summed E-state index contributed by atoms with van der Waals surface area (Å²) in [5.41, 5.74) is 2.10. The molecule has 2 aromatic rings. The second-order valence-electron chi connectivity index (χ2n) is 10.4. The average Bonchev–Trinajstić information content (AvgIpc) is 2.84. The Kier molecular flexibility index (Phi) is 10.1. The summed E-state index contributed by atoms with van der Waals surface area (Å²) >= 11 is 0. The van der Waals surface area contributed by atoms with E-state index in [1.165, 1.54) is 4.90 Å². The molecule has 0 aliphatic rings. The molecule has 9 heteroatoms. The molecule has 0 bridgehead atoms. The zero-order chi connectivity index (χ0) is 28.0. The summed E-state index contributed by atoms with van der Waals surface area (Å²) < 4.78 is 31.9. The van der Waals surface area contributed by atoms with Crippen LogP contribution in [-0.4, -0.2) is 57.1 Å². The first-order valence-electron chi connectivity index (χ1n) is 12.5. The standard InChI is InChI=1S/C28H41N3O5S/c1-9-20(2)29-27(33)21(3)30(18-22-11-10-12-25(17-22)36-7)26(32)19-31(37(8,34)35)24-15-13-23(14-16-24)28(4,5)6/h10-17,20-21H,9,18-19H2,1-8H3,(H,29,33). The van der Waals surface area contributed by atoms with E-state index in [9.17, 15) is 18.0 Å². The highest BCUT2D eigenvalue weighted by atomic mass is 32.2. The molecule has 2 unspecified atom stereocenters. The van der Waals surface area contributed by atoms with E-state index in [1.807, 2.05) is 32.0 Å². The van der Waals surface area contributed by atoms with Crippen LogP contribution >= 0.6 is 0 Å². The minimum absolute atomic E-state index is 0.0578. The largest absolute Gasteiger partial charge is 0.497 e. The zero-order valence-electron chi connectivity index (χ0n) is 23.2. The lowest BCUT2D eigenvalue weighted by Gasteiger charge is -2.32. The highest BCUT2D eigenvalue weighted by Crippen LogP contribution is 2.26. The van der Waals surface area contributed by atoms with Gasteiger partial charge in [0.15, 0.2) is 0 Å². The van der Waals surface area contributed by atoms with E-state index in [1.54, 1.807) is 44.4 Å². The number of methoxy groups -OCH3 is 1. The summed E-state index contributed by atoms with van der Waals surface area (Å²) in [5, 5.41) is 2.92. The van der Waals surface area contributed by atoms with Gasteiger partial charge in [0.05, 0.1) is 19.1 Å². The second kappa shape index (κ2) is 12.4. The number of hydrogen-bond donors (Lipinski definition) is 1. The van der Waals surface area contributed by atoms with Crippen LogP contribution in [0, 0.1) is 0 Å². The molecule has 8 nitrogen and oxygen atoms in total. The van der Waals surface area contributed by atoms with Gasteiger partial charge in [-0.25, -0.2) is 8.42 Å². The van der Waals surface area contributed by atoms with Crippen molar-refractivity contribution in [3.05, 3.63) is 59.7 Å². The lowest BCUT2D eigenvalue weighted by molar-refractivity contribution is -0.139. The van der Waals surface area contributed by atoms with Crippen LogP contribution in [0.2, 0.25) is 0 Å². The van der Waals surface area contributed by atoms with Crippen molar-refractivity contribution in [2.45, 2.75) is 72.0 Å². The Morgan fingerprint density at radius 1 is 1.05 bits per heavy atom. The monoisotopic (exact) mass is 531 g/mol. The summed E-state index contributed by atoms with van der Waals surface area (Å²) in [6.07, 6.45) is 1.82. The summed E-state index contributed by atoms with van der Waals surface area (Å²) in [7, 11) is -2.23. The fraction of sp³-hybridized carbons (Fsp3) is 0.500. The third-order valence-electron chi connectivity index (χ3n) is 6.36. The number of amides is 2. The van der Waals surface area contributed by atoms with Crippen molar-refractivity contribution in [3.63, 3.8) is 0 Å². The maximum absolute atomic E-state index is 13.7. The van der Waals surface area contributed by atoms with Gasteiger partial charge in [-0.15, -0.1) is 0 Å². The molecule has 37 heavy (non-hydrogen) atoms. The summed E-state index contributed by atoms with van der Waals surface area (Å²) in [4.78, 5) is 28.1. The molecule has 0 fully saturated rings. The third kappa shape index (κ3) is 8.49. The maximum atomic E-state index is 13.7. The molecule has 0 aliphatic heterocycles. The van der Waals surface area contributed by atoms with E-state index < -0.39 is 28.5 Å². The van der Waals surface area contributed by atoms with E-state index in [4.69, 9.17) is 4.74 Å². The van der Waals surface area contributed by atoms with Gasteiger partial charge in [0, 0.05) is 12.6 Å². The fourth-order valence-corrected chi connectivity index (χ4v) is 4.61. The number of carbonyl (C=O) groups is 2. The summed E-state index contributed by atoms with van der Waals surface area (Å²) in [5.74, 6) is -0.163. The number of ether oxygens (including phenoxy) is 1. The maximum Gasteiger partial charge on any atom is 0.244 e. The first-order chi connectivity index (χ1) is 17.2. The molecule has 0 radical (unpaired) electrons. The van der Waals surface area contributed by atoms with Crippen LogP contribution < -0.4 is 14.4 Å². The highest BCUT2D eigenvalue weighted by molar-refractivity contribution is 7.92. The van der Waals surface area contributed by atoms with Crippen LogP contribution in [0.15, 0.2) is 48.5 Å². The van der Waals surface area contributed by atoms with Crippen molar-refractivity contribution in [1.82, 2.24) is 10.2 Å². The number of anilines is 1. The van der Waals surface area contributed by atoms with Gasteiger partial charge in [-0.3, -0.25) is 13.9 Å². The Balaban J connectivity index is 2.41. The van der Waals surface area contributed by atoms with Gasteiger partial charge in [-0.05, 0) is 61.1 Å². The number of nitrogens with one attached hydrogen (secondary N) is 1. The van der Waals surface area contributed by atoms with Crippen LogP contribution in [0.25, 0.3) is 0 Å². The lowest BCUT2D eigenvalue weighted by Crippen LogP contribution is -2.52. The van der Waals surface area contributed by atoms with Gasteiger partial charge in [0.2, 0.25) is 21.8 Å². The number of benzene rings is 2. The summed E-state index contributed by atoms with van der Waals surface area (Å²) in [6, 6.07) is 13.5. The molecule has 0 aromatic heterocycles. The smallest absolute Gasteiger partial charge is 0.244 e. The van der Waals surface area contributed by atoms with Crippen molar-refractivity contribution in [3.8, 4) is 5.75 Å². The predicted octanol–water partition coefficient (Wildman–Crippen LogP) is 4.09. The predicted molar refractivity (Wildman–Crippen MR) is 148 cm³/mol. The van der Waals surface area contributed by atoms with E-state index in [-0.39, 0.29) is 23.9 Å². The second-order valence-corrected chi connectivity index (χ2v) is 12.3. The Morgan fingerprint density at radius 3 is 2.19 bits per heavy atom. The average molecular weight is 532 g/mol. The number of sulfonamides is 1. The number of nitrogens with zero attached hydrogens (tertiary/aromatic N) is 2. The molecule has 204 valence electrons. The molecule has 2 rings (SSSR count). The van der Waals surface area contributed by atoms with Gasteiger partial charge >= 0.3 is 0 Å². The van der Waals surface area contributed by atoms with Gasteiger partial charge in [0.25, 0.3) is 0 Å². The molecule has 2 aromatic carbocycles. The molecule has 0 aliphatic carbocycles. The molecule has 0 saturated carbocycles. The minimum Gasteiger partial charge on any atom is -0.497 e. The van der Waals surface area contributed by atoms with Crippen molar-refractivity contribution < 1.29 is 22.7 Å². The Labute approximate surface area is 222 Å². The minimum atomic E-state index is -3.78. The Morgan fingerprint density at radius 2 is 1.68 bits per heavy atom. The van der Waals surface area contributed by atoms with Gasteiger partial charge in [-0.2, -0.15) is 0 Å². The molecule has 2 amide bonds. The normalized spacial score (nSPS) is 13.4. The van der Waals surface area contributed by atoms with Crippen LogP contribution in [0.3, 0.4) is 0 Å². The molecule has 2 atom stereocenters. The van der Waals surface area contributed by atoms with Crippen molar-refractivity contribution in [2.24, 2.45) is 0 Å². The number of hydrogen-bond acceptors (Lipinski definition) is 5. The van der Waals surface area contributed by atoms with Crippen molar-refractivity contribution in [2.75, 3.05) is 24.2 Å². The highest BCUT2D eigenvalue weighted by Gasteiger charge is 2.30. The summed E-state index contributed by atoms with van der Waals surface area (Å²) in [6.45, 7) is 11.4. The van der Waals surface area contributed by atoms with E-state index >= 15 is 0 Å². The van der Waals surface area contributed by atoms with Gasteiger partial charge < -0.3 is 15.0 Å².